The first-order chi connectivity index (χ1) is 20.1. The number of Topliss-reactive ketones (excluding diaryl/α,β-unsaturated/α-hetero) is 4. The number of rotatable bonds is 6. The number of hydrogen-bond donors (Lipinski definition) is 4. The van der Waals surface area contributed by atoms with Crippen LogP contribution >= 0.6 is 0 Å². The monoisotopic (exact) mass is 586 g/mol. The standard InChI is InChI=1S/C35H38O8/c1-17(2)27-29(39)25(19(4)36)31(41)35(43)32(42)28-30(40)26-22(13-10-14-23(26)38)18(3)33(28,5)24(34(27,35)6)16-21(37)15-20-11-8-7-9-12-20/h7-14,17-18,24,27,38,40-41,43H,15-16H2,1-6H3/t18-,24-,27?,33-,34-,35+/m1/s1. The van der Waals surface area contributed by atoms with Gasteiger partial charge in [-0.3, -0.25) is 19.2 Å². The average molecular weight is 587 g/mol. The minimum Gasteiger partial charge on any atom is -0.508 e. The number of phenolic OH excluding ortho intramolecular Hbond substituents is 1. The van der Waals surface area contributed by atoms with E-state index in [-0.39, 0.29) is 35.5 Å². The predicted molar refractivity (Wildman–Crippen MR) is 159 cm³/mol. The zero-order valence-electron chi connectivity index (χ0n) is 25.3. The molecule has 0 aromatic heterocycles. The molecule has 5 rings (SSSR count). The highest BCUT2D eigenvalue weighted by Crippen LogP contribution is 2.71. The molecule has 0 bridgehead atoms. The average Bonchev–Trinajstić information content (AvgIpc) is 2.92. The van der Waals surface area contributed by atoms with Crippen LogP contribution in [-0.4, -0.2) is 49.2 Å². The number of hydrogen-bond acceptors (Lipinski definition) is 8. The largest absolute Gasteiger partial charge is 0.508 e. The lowest BCUT2D eigenvalue weighted by Crippen LogP contribution is -2.73. The number of aliphatic hydroxyl groups is 3. The van der Waals surface area contributed by atoms with E-state index in [9.17, 15) is 39.6 Å². The summed E-state index contributed by atoms with van der Waals surface area (Å²) in [5.41, 5.74) is -5.51. The molecule has 8 nitrogen and oxygen atoms in total. The highest BCUT2D eigenvalue weighted by Gasteiger charge is 2.76. The van der Waals surface area contributed by atoms with E-state index in [4.69, 9.17) is 0 Å². The van der Waals surface area contributed by atoms with Gasteiger partial charge in [0.1, 0.15) is 28.6 Å². The predicted octanol–water partition coefficient (Wildman–Crippen LogP) is 5.18. The molecule has 8 heteroatoms. The van der Waals surface area contributed by atoms with Crippen molar-refractivity contribution in [1.82, 2.24) is 0 Å². The van der Waals surface area contributed by atoms with Crippen LogP contribution in [0, 0.1) is 28.6 Å². The van der Waals surface area contributed by atoms with E-state index in [1.54, 1.807) is 39.8 Å². The van der Waals surface area contributed by atoms with Crippen molar-refractivity contribution in [2.75, 3.05) is 0 Å². The van der Waals surface area contributed by atoms with Gasteiger partial charge in [0.05, 0.1) is 5.56 Å². The Morgan fingerprint density at radius 3 is 2.16 bits per heavy atom. The van der Waals surface area contributed by atoms with Crippen molar-refractivity contribution in [3.63, 3.8) is 0 Å². The summed E-state index contributed by atoms with van der Waals surface area (Å²) in [5.74, 6) is -7.88. The van der Waals surface area contributed by atoms with E-state index in [2.05, 4.69) is 0 Å². The quantitative estimate of drug-likeness (QED) is 0.339. The van der Waals surface area contributed by atoms with E-state index in [0.29, 0.717) is 5.56 Å². The van der Waals surface area contributed by atoms with Crippen molar-refractivity contribution in [1.29, 1.82) is 0 Å². The van der Waals surface area contributed by atoms with Crippen molar-refractivity contribution >= 4 is 28.9 Å². The van der Waals surface area contributed by atoms with Crippen LogP contribution in [0.25, 0.3) is 5.76 Å². The second-order valence-electron chi connectivity index (χ2n) is 13.1. The molecular weight excluding hydrogens is 548 g/mol. The molecule has 0 radical (unpaired) electrons. The molecule has 226 valence electrons. The van der Waals surface area contributed by atoms with Crippen LogP contribution < -0.4 is 0 Å². The number of fused-ring (bicyclic) bond motifs is 3. The van der Waals surface area contributed by atoms with Crippen LogP contribution in [0.1, 0.15) is 70.6 Å². The molecule has 2 aromatic carbocycles. The van der Waals surface area contributed by atoms with Crippen molar-refractivity contribution in [2.24, 2.45) is 28.6 Å². The third-order valence-corrected chi connectivity index (χ3v) is 10.7. The van der Waals surface area contributed by atoms with Crippen LogP contribution in [0.2, 0.25) is 0 Å². The Morgan fingerprint density at radius 2 is 1.58 bits per heavy atom. The van der Waals surface area contributed by atoms with Crippen molar-refractivity contribution in [2.45, 2.75) is 65.9 Å². The second-order valence-corrected chi connectivity index (χ2v) is 13.1. The van der Waals surface area contributed by atoms with Crippen LogP contribution in [0.3, 0.4) is 0 Å². The van der Waals surface area contributed by atoms with E-state index >= 15 is 0 Å². The SMILES string of the molecule is CC(=O)C1=C(O)[C@]2(O)C(=O)C3=C(O)c4c(O)cccc4[C@@H](C)[C@]3(C)[C@@H](CC(=O)Cc3ccccc3)[C@]2(C)C(C(C)C)C1=O. The minimum absolute atomic E-state index is 0.0277. The van der Waals surface area contributed by atoms with Crippen molar-refractivity contribution in [3.8, 4) is 5.75 Å². The Kier molecular flexibility index (Phi) is 7.08. The number of allylic oxidation sites excluding steroid dienone is 1. The van der Waals surface area contributed by atoms with E-state index in [0.717, 1.165) is 12.5 Å². The smallest absolute Gasteiger partial charge is 0.203 e. The molecule has 4 N–H and O–H groups in total. The normalized spacial score (nSPS) is 32.0. The Morgan fingerprint density at radius 1 is 0.953 bits per heavy atom. The Balaban J connectivity index is 1.87. The fraction of sp³-hybridized carbons (Fsp3) is 0.429. The molecule has 0 heterocycles. The maximum atomic E-state index is 14.7. The maximum Gasteiger partial charge on any atom is 0.203 e. The summed E-state index contributed by atoms with van der Waals surface area (Å²) in [5, 5.41) is 46.7. The molecule has 0 aliphatic heterocycles. The van der Waals surface area contributed by atoms with E-state index in [1.807, 2.05) is 37.3 Å². The van der Waals surface area contributed by atoms with Crippen LogP contribution in [-0.2, 0) is 25.6 Å². The first kappa shape index (κ1) is 30.4. The van der Waals surface area contributed by atoms with Gasteiger partial charge < -0.3 is 20.4 Å². The zero-order chi connectivity index (χ0) is 31.8. The van der Waals surface area contributed by atoms with Gasteiger partial charge in [0.15, 0.2) is 17.2 Å². The zero-order valence-corrected chi connectivity index (χ0v) is 25.3. The summed E-state index contributed by atoms with van der Waals surface area (Å²) in [7, 11) is 0. The summed E-state index contributed by atoms with van der Waals surface area (Å²) >= 11 is 0. The maximum absolute atomic E-state index is 14.7. The summed E-state index contributed by atoms with van der Waals surface area (Å²) in [6.45, 7) is 9.67. The third-order valence-electron chi connectivity index (χ3n) is 10.7. The summed E-state index contributed by atoms with van der Waals surface area (Å²) in [4.78, 5) is 55.4. The lowest BCUT2D eigenvalue weighted by Gasteiger charge is -2.65. The molecule has 0 amide bonds. The number of benzene rings is 2. The number of ketones is 4. The lowest BCUT2D eigenvalue weighted by atomic mass is 9.37. The number of aliphatic hydroxyl groups excluding tert-OH is 2. The van der Waals surface area contributed by atoms with Gasteiger partial charge in [0, 0.05) is 35.2 Å². The van der Waals surface area contributed by atoms with Gasteiger partial charge in [-0.2, -0.15) is 0 Å². The number of carbonyl (C=O) groups is 4. The Hall–Kier alpha value is -4.04. The third kappa shape index (κ3) is 3.85. The molecule has 2 aromatic rings. The van der Waals surface area contributed by atoms with Gasteiger partial charge in [0.25, 0.3) is 0 Å². The number of carbonyl (C=O) groups excluding carboxylic acids is 4. The van der Waals surface area contributed by atoms with Gasteiger partial charge in [-0.25, -0.2) is 0 Å². The molecule has 0 saturated heterocycles. The summed E-state index contributed by atoms with van der Waals surface area (Å²) in [6, 6.07) is 13.8. The van der Waals surface area contributed by atoms with Crippen LogP contribution in [0.15, 0.2) is 65.4 Å². The molecular formula is C35H38O8. The van der Waals surface area contributed by atoms with Crippen LogP contribution in [0.5, 0.6) is 5.75 Å². The molecule has 3 aliphatic carbocycles. The summed E-state index contributed by atoms with van der Waals surface area (Å²) < 4.78 is 0. The summed E-state index contributed by atoms with van der Waals surface area (Å²) in [6.07, 6.45) is -0.153. The van der Waals surface area contributed by atoms with Crippen molar-refractivity contribution in [3.05, 3.63) is 82.1 Å². The lowest BCUT2D eigenvalue weighted by molar-refractivity contribution is -0.199. The second kappa shape index (κ2) is 10.0. The topological polar surface area (TPSA) is 149 Å². The fourth-order valence-corrected chi connectivity index (χ4v) is 8.64. The highest BCUT2D eigenvalue weighted by atomic mass is 16.3. The van der Waals surface area contributed by atoms with Gasteiger partial charge in [0.2, 0.25) is 5.78 Å². The molecule has 1 saturated carbocycles. The first-order valence-corrected chi connectivity index (χ1v) is 14.6. The number of aromatic hydroxyl groups is 1. The molecule has 1 fully saturated rings. The molecule has 6 atom stereocenters. The van der Waals surface area contributed by atoms with Crippen molar-refractivity contribution < 1.29 is 39.6 Å². The van der Waals surface area contributed by atoms with Gasteiger partial charge in [-0.15, -0.1) is 0 Å². The van der Waals surface area contributed by atoms with E-state index < -0.39 is 74.5 Å². The Labute approximate surface area is 250 Å². The van der Waals surface area contributed by atoms with Crippen LogP contribution in [0.4, 0.5) is 0 Å². The molecule has 43 heavy (non-hydrogen) atoms. The number of phenols is 1. The van der Waals surface area contributed by atoms with E-state index in [1.165, 1.54) is 6.07 Å². The fourth-order valence-electron chi connectivity index (χ4n) is 8.64. The van der Waals surface area contributed by atoms with Gasteiger partial charge in [-0.1, -0.05) is 77.1 Å². The molecule has 1 unspecified atom stereocenters. The van der Waals surface area contributed by atoms with Gasteiger partial charge >= 0.3 is 0 Å². The molecule has 0 spiro atoms. The molecule has 3 aliphatic rings. The minimum atomic E-state index is -2.82. The highest BCUT2D eigenvalue weighted by molar-refractivity contribution is 6.24. The Bertz CT molecular complexity index is 1630. The van der Waals surface area contributed by atoms with Gasteiger partial charge in [-0.05, 0) is 41.9 Å². The first-order valence-electron chi connectivity index (χ1n) is 14.6.